The lowest BCUT2D eigenvalue weighted by molar-refractivity contribution is -0.114. The van der Waals surface area contributed by atoms with Crippen molar-refractivity contribution < 1.29 is 14.3 Å². The van der Waals surface area contributed by atoms with E-state index < -0.39 is 0 Å². The van der Waals surface area contributed by atoms with Crippen LogP contribution in [0.3, 0.4) is 0 Å². The van der Waals surface area contributed by atoms with Gasteiger partial charge >= 0.3 is 0 Å². The average molecular weight is 446 g/mol. The van der Waals surface area contributed by atoms with Gasteiger partial charge in [-0.05, 0) is 60.9 Å². The van der Waals surface area contributed by atoms with Gasteiger partial charge in [0.2, 0.25) is 5.91 Å². The van der Waals surface area contributed by atoms with Crippen LogP contribution in [0.25, 0.3) is 0 Å². The van der Waals surface area contributed by atoms with E-state index in [4.69, 9.17) is 4.74 Å². The van der Waals surface area contributed by atoms with E-state index in [1.165, 1.54) is 0 Å². The number of amides is 2. The first-order valence-electron chi connectivity index (χ1n) is 11.1. The third-order valence-electron chi connectivity index (χ3n) is 5.11. The molecular formula is C27H31N3O3. The molecule has 0 radical (unpaired) electrons. The fourth-order valence-corrected chi connectivity index (χ4v) is 3.15. The standard InChI is InChI=1S/C27H31N3O3/c1-20(2)16-17-33-25-11-7-8-23(18-25)28-19-26(31)29-22-14-12-21(13-15-22)27(32)30(3)24-9-5-4-6-10-24/h4-15,18,20,28H,16-17,19H2,1-3H3,(H,29,31). The second kappa shape index (κ2) is 11.7. The molecule has 0 aliphatic rings. The molecule has 0 aromatic heterocycles. The second-order valence-electron chi connectivity index (χ2n) is 8.24. The van der Waals surface area contributed by atoms with Gasteiger partial charge in [0, 0.05) is 35.7 Å². The van der Waals surface area contributed by atoms with Gasteiger partial charge in [0.15, 0.2) is 0 Å². The van der Waals surface area contributed by atoms with Crippen molar-refractivity contribution in [3.05, 3.63) is 84.4 Å². The van der Waals surface area contributed by atoms with Crippen LogP contribution in [0.2, 0.25) is 0 Å². The molecule has 0 heterocycles. The van der Waals surface area contributed by atoms with Gasteiger partial charge < -0.3 is 20.3 Å². The van der Waals surface area contributed by atoms with Crippen molar-refractivity contribution in [1.82, 2.24) is 0 Å². The number of anilines is 3. The van der Waals surface area contributed by atoms with Crippen LogP contribution in [-0.2, 0) is 4.79 Å². The molecular weight excluding hydrogens is 414 g/mol. The van der Waals surface area contributed by atoms with E-state index in [-0.39, 0.29) is 18.4 Å². The maximum Gasteiger partial charge on any atom is 0.258 e. The fraction of sp³-hybridized carbons (Fsp3) is 0.259. The predicted molar refractivity (Wildman–Crippen MR) is 134 cm³/mol. The Kier molecular flexibility index (Phi) is 8.47. The zero-order valence-electron chi connectivity index (χ0n) is 19.4. The normalized spacial score (nSPS) is 10.5. The molecule has 3 aromatic rings. The van der Waals surface area contributed by atoms with Gasteiger partial charge in [-0.1, -0.05) is 38.1 Å². The molecule has 6 heteroatoms. The van der Waals surface area contributed by atoms with Crippen LogP contribution in [0, 0.1) is 5.92 Å². The van der Waals surface area contributed by atoms with Crippen LogP contribution in [0.4, 0.5) is 17.1 Å². The summed E-state index contributed by atoms with van der Waals surface area (Å²) in [5.74, 6) is 1.08. The van der Waals surface area contributed by atoms with E-state index in [0.29, 0.717) is 23.8 Å². The van der Waals surface area contributed by atoms with Crippen molar-refractivity contribution in [3.63, 3.8) is 0 Å². The average Bonchev–Trinajstić information content (AvgIpc) is 2.83. The van der Waals surface area contributed by atoms with Gasteiger partial charge in [0.05, 0.1) is 13.2 Å². The molecule has 0 aliphatic heterocycles. The number of para-hydroxylation sites is 1. The molecule has 3 aromatic carbocycles. The van der Waals surface area contributed by atoms with Crippen LogP contribution in [0.5, 0.6) is 5.75 Å². The summed E-state index contributed by atoms with van der Waals surface area (Å²) in [4.78, 5) is 26.6. The third kappa shape index (κ3) is 7.38. The van der Waals surface area contributed by atoms with Gasteiger partial charge in [0.25, 0.3) is 5.91 Å². The lowest BCUT2D eigenvalue weighted by Crippen LogP contribution is -2.26. The van der Waals surface area contributed by atoms with Gasteiger partial charge in [-0.25, -0.2) is 0 Å². The molecule has 2 amide bonds. The highest BCUT2D eigenvalue weighted by molar-refractivity contribution is 6.06. The number of hydrogen-bond acceptors (Lipinski definition) is 4. The van der Waals surface area contributed by atoms with E-state index in [1.54, 1.807) is 36.2 Å². The summed E-state index contributed by atoms with van der Waals surface area (Å²) in [5, 5.41) is 5.96. The molecule has 0 unspecified atom stereocenters. The molecule has 0 atom stereocenters. The summed E-state index contributed by atoms with van der Waals surface area (Å²) < 4.78 is 5.76. The summed E-state index contributed by atoms with van der Waals surface area (Å²) in [5.41, 5.74) is 2.82. The highest BCUT2D eigenvalue weighted by Crippen LogP contribution is 2.19. The molecule has 0 spiro atoms. The summed E-state index contributed by atoms with van der Waals surface area (Å²) in [7, 11) is 1.74. The topological polar surface area (TPSA) is 70.7 Å². The smallest absolute Gasteiger partial charge is 0.258 e. The summed E-state index contributed by atoms with van der Waals surface area (Å²) in [6, 6.07) is 23.9. The maximum atomic E-state index is 12.7. The molecule has 0 bridgehead atoms. The van der Waals surface area contributed by atoms with E-state index in [1.807, 2.05) is 54.6 Å². The monoisotopic (exact) mass is 445 g/mol. The Morgan fingerprint density at radius 2 is 1.64 bits per heavy atom. The van der Waals surface area contributed by atoms with E-state index >= 15 is 0 Å². The Labute approximate surface area is 195 Å². The van der Waals surface area contributed by atoms with E-state index in [0.717, 1.165) is 23.5 Å². The Bertz CT molecular complexity index is 1050. The summed E-state index contributed by atoms with van der Waals surface area (Å²) in [6.45, 7) is 5.11. The van der Waals surface area contributed by atoms with Crippen molar-refractivity contribution in [3.8, 4) is 5.75 Å². The SMILES string of the molecule is CC(C)CCOc1cccc(NCC(=O)Nc2ccc(C(=O)N(C)c3ccccc3)cc2)c1. The highest BCUT2D eigenvalue weighted by Gasteiger charge is 2.13. The number of carbonyl (C=O) groups excluding carboxylic acids is 2. The summed E-state index contributed by atoms with van der Waals surface area (Å²) >= 11 is 0. The lowest BCUT2D eigenvalue weighted by Gasteiger charge is -2.17. The van der Waals surface area contributed by atoms with Crippen LogP contribution >= 0.6 is 0 Å². The molecule has 0 fully saturated rings. The van der Waals surface area contributed by atoms with Crippen molar-refractivity contribution in [2.24, 2.45) is 5.92 Å². The number of nitrogens with one attached hydrogen (secondary N) is 2. The van der Waals surface area contributed by atoms with Gasteiger partial charge in [-0.3, -0.25) is 9.59 Å². The number of hydrogen-bond donors (Lipinski definition) is 2. The van der Waals surface area contributed by atoms with E-state index in [2.05, 4.69) is 24.5 Å². The maximum absolute atomic E-state index is 12.7. The van der Waals surface area contributed by atoms with Crippen molar-refractivity contribution in [2.75, 3.05) is 35.7 Å². The molecule has 172 valence electrons. The minimum absolute atomic E-state index is 0.115. The van der Waals surface area contributed by atoms with Gasteiger partial charge in [-0.15, -0.1) is 0 Å². The Balaban J connectivity index is 1.49. The first-order valence-corrected chi connectivity index (χ1v) is 11.1. The van der Waals surface area contributed by atoms with Gasteiger partial charge in [0.1, 0.15) is 5.75 Å². The molecule has 0 saturated heterocycles. The number of benzene rings is 3. The third-order valence-corrected chi connectivity index (χ3v) is 5.11. The fourth-order valence-electron chi connectivity index (χ4n) is 3.15. The molecule has 3 rings (SSSR count). The number of ether oxygens (including phenoxy) is 1. The van der Waals surface area contributed by atoms with Crippen LogP contribution in [-0.4, -0.2) is 32.0 Å². The van der Waals surface area contributed by atoms with Crippen molar-refractivity contribution in [1.29, 1.82) is 0 Å². The summed E-state index contributed by atoms with van der Waals surface area (Å²) in [6.07, 6.45) is 0.993. The molecule has 6 nitrogen and oxygen atoms in total. The Hall–Kier alpha value is -3.80. The lowest BCUT2D eigenvalue weighted by atomic mass is 10.1. The zero-order valence-corrected chi connectivity index (χ0v) is 19.4. The van der Waals surface area contributed by atoms with Crippen LogP contribution < -0.4 is 20.3 Å². The highest BCUT2D eigenvalue weighted by atomic mass is 16.5. The molecule has 0 aliphatic carbocycles. The van der Waals surface area contributed by atoms with Gasteiger partial charge in [-0.2, -0.15) is 0 Å². The quantitative estimate of drug-likeness (QED) is 0.436. The number of carbonyl (C=O) groups is 2. The molecule has 2 N–H and O–H groups in total. The first kappa shape index (κ1) is 23.9. The largest absolute Gasteiger partial charge is 0.494 e. The van der Waals surface area contributed by atoms with Crippen molar-refractivity contribution >= 4 is 28.9 Å². The second-order valence-corrected chi connectivity index (χ2v) is 8.24. The molecule has 0 saturated carbocycles. The van der Waals surface area contributed by atoms with Crippen LogP contribution in [0.1, 0.15) is 30.6 Å². The van der Waals surface area contributed by atoms with Crippen molar-refractivity contribution in [2.45, 2.75) is 20.3 Å². The predicted octanol–water partition coefficient (Wildman–Crippen LogP) is 5.44. The number of rotatable bonds is 10. The van der Waals surface area contributed by atoms with E-state index in [9.17, 15) is 9.59 Å². The zero-order chi connectivity index (χ0) is 23.6. The minimum atomic E-state index is -0.179. The van der Waals surface area contributed by atoms with Crippen LogP contribution in [0.15, 0.2) is 78.9 Å². The molecule has 33 heavy (non-hydrogen) atoms. The number of nitrogens with zero attached hydrogens (tertiary/aromatic N) is 1. The Morgan fingerprint density at radius 1 is 0.909 bits per heavy atom. The first-order chi connectivity index (χ1) is 15.9. The Morgan fingerprint density at radius 3 is 2.33 bits per heavy atom. The minimum Gasteiger partial charge on any atom is -0.494 e.